The number of nitrogens with one attached hydrogen (secondary N) is 2. The van der Waals surface area contributed by atoms with E-state index in [0.717, 1.165) is 5.56 Å². The van der Waals surface area contributed by atoms with Crippen molar-refractivity contribution in [1.29, 1.82) is 0 Å². The number of carboxylic acids is 1. The van der Waals surface area contributed by atoms with Crippen molar-refractivity contribution in [3.05, 3.63) is 34.6 Å². The van der Waals surface area contributed by atoms with Crippen molar-refractivity contribution >= 4 is 12.0 Å². The van der Waals surface area contributed by atoms with E-state index in [-0.39, 0.29) is 11.8 Å². The first-order chi connectivity index (χ1) is 9.81. The molecular weight excluding hydrogens is 275 g/mol. The molecule has 21 heavy (non-hydrogen) atoms. The zero-order valence-corrected chi connectivity index (χ0v) is 12.5. The lowest BCUT2D eigenvalue weighted by molar-refractivity contribution is -0.141. The lowest BCUT2D eigenvalue weighted by atomic mass is 10.1. The molecule has 0 aliphatic heterocycles. The van der Waals surface area contributed by atoms with Gasteiger partial charge in [0.05, 0.1) is 5.92 Å². The summed E-state index contributed by atoms with van der Waals surface area (Å²) >= 11 is 0. The van der Waals surface area contributed by atoms with E-state index < -0.39 is 11.9 Å². The molecule has 0 bridgehead atoms. The van der Waals surface area contributed by atoms with E-state index in [1.54, 1.807) is 32.9 Å². The second kappa shape index (κ2) is 7.61. The fourth-order valence-electron chi connectivity index (χ4n) is 1.91. The first kappa shape index (κ1) is 16.9. The van der Waals surface area contributed by atoms with Gasteiger partial charge in [-0.15, -0.1) is 0 Å². The molecule has 116 valence electrons. The Hall–Kier alpha value is -2.11. The highest BCUT2D eigenvalue weighted by Crippen LogP contribution is 2.14. The maximum absolute atomic E-state index is 13.5. The van der Waals surface area contributed by atoms with Crippen molar-refractivity contribution < 1.29 is 19.1 Å². The van der Waals surface area contributed by atoms with Crippen molar-refractivity contribution in [2.45, 2.75) is 33.7 Å². The quantitative estimate of drug-likeness (QED) is 0.754. The van der Waals surface area contributed by atoms with Crippen LogP contribution in [0.5, 0.6) is 0 Å². The second-order valence-corrected chi connectivity index (χ2v) is 5.18. The summed E-state index contributed by atoms with van der Waals surface area (Å²) in [6.07, 6.45) is 0.373. The maximum Gasteiger partial charge on any atom is 0.315 e. The Labute approximate surface area is 123 Å². The summed E-state index contributed by atoms with van der Waals surface area (Å²) in [5.41, 5.74) is 1.91. The molecule has 0 aliphatic carbocycles. The van der Waals surface area contributed by atoms with E-state index in [2.05, 4.69) is 10.6 Å². The Morgan fingerprint density at radius 2 is 1.81 bits per heavy atom. The van der Waals surface area contributed by atoms with Gasteiger partial charge >= 0.3 is 12.0 Å². The predicted molar refractivity (Wildman–Crippen MR) is 77.5 cm³/mol. The summed E-state index contributed by atoms with van der Waals surface area (Å²) in [7, 11) is 0. The number of rotatable bonds is 6. The molecule has 0 aliphatic rings. The van der Waals surface area contributed by atoms with E-state index >= 15 is 0 Å². The van der Waals surface area contributed by atoms with Crippen LogP contribution in [0, 0.1) is 25.6 Å². The monoisotopic (exact) mass is 296 g/mol. The maximum atomic E-state index is 13.5. The SMILES string of the molecule is Cc1cc(CNC(=O)NCCC(C)C(=O)O)cc(C)c1F. The van der Waals surface area contributed by atoms with Gasteiger partial charge in [-0.1, -0.05) is 19.1 Å². The van der Waals surface area contributed by atoms with Gasteiger partial charge in [-0.05, 0) is 37.0 Å². The molecule has 0 heterocycles. The Kier molecular flexibility index (Phi) is 6.14. The number of carboxylic acid groups (broad SMARTS) is 1. The Bertz CT molecular complexity index is 509. The van der Waals surface area contributed by atoms with Gasteiger partial charge in [-0.25, -0.2) is 9.18 Å². The summed E-state index contributed by atoms with van der Waals surface area (Å²) < 4.78 is 13.5. The molecule has 0 aromatic heterocycles. The van der Waals surface area contributed by atoms with Gasteiger partial charge in [-0.2, -0.15) is 0 Å². The molecule has 0 saturated heterocycles. The molecule has 0 radical (unpaired) electrons. The molecule has 5 nitrogen and oxygen atoms in total. The minimum atomic E-state index is -0.880. The van der Waals surface area contributed by atoms with Crippen LogP contribution in [0.25, 0.3) is 0 Å². The number of aliphatic carboxylic acids is 1. The van der Waals surface area contributed by atoms with Crippen molar-refractivity contribution in [3.63, 3.8) is 0 Å². The van der Waals surface area contributed by atoms with Crippen LogP contribution < -0.4 is 10.6 Å². The summed E-state index contributed by atoms with van der Waals surface area (Å²) in [5.74, 6) is -1.60. The number of halogens is 1. The number of amides is 2. The Morgan fingerprint density at radius 1 is 1.24 bits per heavy atom. The molecule has 1 rings (SSSR count). The largest absolute Gasteiger partial charge is 0.481 e. The van der Waals surface area contributed by atoms with Crippen molar-refractivity contribution in [2.24, 2.45) is 5.92 Å². The number of hydrogen-bond acceptors (Lipinski definition) is 2. The molecule has 0 fully saturated rings. The minimum absolute atomic E-state index is 0.231. The zero-order chi connectivity index (χ0) is 16.0. The van der Waals surface area contributed by atoms with E-state index in [1.807, 2.05) is 0 Å². The van der Waals surface area contributed by atoms with E-state index in [0.29, 0.717) is 30.6 Å². The van der Waals surface area contributed by atoms with Gasteiger partial charge in [-0.3, -0.25) is 4.79 Å². The topological polar surface area (TPSA) is 78.4 Å². The third-order valence-corrected chi connectivity index (χ3v) is 3.23. The molecule has 0 spiro atoms. The third-order valence-electron chi connectivity index (χ3n) is 3.23. The number of aryl methyl sites for hydroxylation is 2. The average molecular weight is 296 g/mol. The second-order valence-electron chi connectivity index (χ2n) is 5.18. The van der Waals surface area contributed by atoms with Crippen molar-refractivity contribution in [2.75, 3.05) is 6.54 Å². The van der Waals surface area contributed by atoms with Crippen LogP contribution in [0.2, 0.25) is 0 Å². The van der Waals surface area contributed by atoms with Crippen LogP contribution in [0.3, 0.4) is 0 Å². The van der Waals surface area contributed by atoms with E-state index in [9.17, 15) is 14.0 Å². The number of benzene rings is 1. The third kappa shape index (κ3) is 5.41. The van der Waals surface area contributed by atoms with Crippen LogP contribution >= 0.6 is 0 Å². The highest BCUT2D eigenvalue weighted by molar-refractivity contribution is 5.74. The molecule has 1 aromatic carbocycles. The molecule has 2 amide bonds. The van der Waals surface area contributed by atoms with Crippen molar-refractivity contribution in [1.82, 2.24) is 10.6 Å². The van der Waals surface area contributed by atoms with Gasteiger partial charge in [0.25, 0.3) is 0 Å². The first-order valence-corrected chi connectivity index (χ1v) is 6.81. The highest BCUT2D eigenvalue weighted by atomic mass is 19.1. The van der Waals surface area contributed by atoms with Gasteiger partial charge in [0.15, 0.2) is 0 Å². The molecule has 1 atom stereocenters. The molecule has 6 heteroatoms. The summed E-state index contributed by atoms with van der Waals surface area (Å²) in [6.45, 7) is 5.54. The summed E-state index contributed by atoms with van der Waals surface area (Å²) in [5, 5.41) is 14.0. The Morgan fingerprint density at radius 3 is 2.33 bits per heavy atom. The fourth-order valence-corrected chi connectivity index (χ4v) is 1.91. The average Bonchev–Trinajstić information content (AvgIpc) is 2.42. The summed E-state index contributed by atoms with van der Waals surface area (Å²) in [6, 6.07) is 3.01. The van der Waals surface area contributed by atoms with Gasteiger partial charge < -0.3 is 15.7 Å². The first-order valence-electron chi connectivity index (χ1n) is 6.81. The molecule has 1 unspecified atom stereocenters. The van der Waals surface area contributed by atoms with Crippen LogP contribution in [-0.4, -0.2) is 23.7 Å². The standard InChI is InChI=1S/C15H21FN2O3/c1-9(14(19)20)4-5-17-15(21)18-8-12-6-10(2)13(16)11(3)7-12/h6-7,9H,4-5,8H2,1-3H3,(H,19,20)(H2,17,18,21). The molecule has 0 saturated carbocycles. The molecular formula is C15H21FN2O3. The Balaban J connectivity index is 2.38. The van der Waals surface area contributed by atoms with Gasteiger partial charge in [0, 0.05) is 13.1 Å². The fraction of sp³-hybridized carbons (Fsp3) is 0.467. The van der Waals surface area contributed by atoms with Crippen LogP contribution in [0.15, 0.2) is 12.1 Å². The number of carbonyl (C=O) groups excluding carboxylic acids is 1. The smallest absolute Gasteiger partial charge is 0.315 e. The highest BCUT2D eigenvalue weighted by Gasteiger charge is 2.11. The lowest BCUT2D eigenvalue weighted by Crippen LogP contribution is -2.36. The van der Waals surface area contributed by atoms with Crippen LogP contribution in [0.1, 0.15) is 30.0 Å². The number of urea groups is 1. The van der Waals surface area contributed by atoms with Gasteiger partial charge in [0.1, 0.15) is 5.82 Å². The van der Waals surface area contributed by atoms with E-state index in [1.165, 1.54) is 0 Å². The normalized spacial score (nSPS) is 11.8. The van der Waals surface area contributed by atoms with E-state index in [4.69, 9.17) is 5.11 Å². The zero-order valence-electron chi connectivity index (χ0n) is 12.5. The lowest BCUT2D eigenvalue weighted by Gasteiger charge is -2.11. The molecule has 3 N–H and O–H groups in total. The minimum Gasteiger partial charge on any atom is -0.481 e. The number of hydrogen-bond donors (Lipinski definition) is 3. The number of carbonyl (C=O) groups is 2. The van der Waals surface area contributed by atoms with Crippen LogP contribution in [0.4, 0.5) is 9.18 Å². The van der Waals surface area contributed by atoms with Crippen molar-refractivity contribution in [3.8, 4) is 0 Å². The van der Waals surface area contributed by atoms with Crippen LogP contribution in [-0.2, 0) is 11.3 Å². The predicted octanol–water partition coefficient (Wildman–Crippen LogP) is 2.35. The van der Waals surface area contributed by atoms with Gasteiger partial charge in [0.2, 0.25) is 0 Å². The molecule has 1 aromatic rings. The summed E-state index contributed by atoms with van der Waals surface area (Å²) in [4.78, 5) is 22.2.